The minimum atomic E-state index is 0.515. The molecule has 4 heteroatoms. The van der Waals surface area contributed by atoms with Crippen LogP contribution >= 0.6 is 0 Å². The maximum atomic E-state index is 5.73. The van der Waals surface area contributed by atoms with Crippen LogP contribution < -0.4 is 5.73 Å². The smallest absolute Gasteiger partial charge is 0.0492 e. The van der Waals surface area contributed by atoms with Crippen molar-refractivity contribution in [3.63, 3.8) is 0 Å². The summed E-state index contributed by atoms with van der Waals surface area (Å²) >= 11 is 0. The van der Waals surface area contributed by atoms with Crippen LogP contribution in [0.1, 0.15) is 25.1 Å². The zero-order chi connectivity index (χ0) is 14.5. The summed E-state index contributed by atoms with van der Waals surface area (Å²) in [4.78, 5) is 2.47. The number of benzene rings is 1. The normalized spacial score (nSPS) is 11.4. The molecule has 0 aliphatic rings. The van der Waals surface area contributed by atoms with Crippen LogP contribution in [0, 0.1) is 0 Å². The van der Waals surface area contributed by atoms with E-state index in [0.717, 1.165) is 25.2 Å². The molecule has 2 aromatic rings. The first-order valence-electron chi connectivity index (χ1n) is 7.11. The van der Waals surface area contributed by atoms with Crippen LogP contribution in [0.5, 0.6) is 0 Å². The Hall–Kier alpha value is -1.81. The molecule has 0 bridgehead atoms. The molecule has 0 saturated heterocycles. The molecule has 4 nitrogen and oxygen atoms in total. The van der Waals surface area contributed by atoms with Crippen LogP contribution in [0.25, 0.3) is 0 Å². The van der Waals surface area contributed by atoms with E-state index in [2.05, 4.69) is 42.0 Å². The fraction of sp³-hybridized carbons (Fsp3) is 0.438. The van der Waals surface area contributed by atoms with Crippen molar-refractivity contribution in [3.8, 4) is 0 Å². The average Bonchev–Trinajstić information content (AvgIpc) is 2.82. The first kappa shape index (κ1) is 14.6. The van der Waals surface area contributed by atoms with Crippen LogP contribution in [0.2, 0.25) is 0 Å². The zero-order valence-corrected chi connectivity index (χ0v) is 12.6. The van der Waals surface area contributed by atoms with Gasteiger partial charge in [0.2, 0.25) is 0 Å². The van der Waals surface area contributed by atoms with E-state index in [-0.39, 0.29) is 0 Å². The Morgan fingerprint density at radius 1 is 1.20 bits per heavy atom. The summed E-state index contributed by atoms with van der Waals surface area (Å²) in [7, 11) is 2.00. The fourth-order valence-corrected chi connectivity index (χ4v) is 2.28. The van der Waals surface area contributed by atoms with Gasteiger partial charge in [0.05, 0.1) is 0 Å². The molecule has 0 amide bonds. The number of nitrogens with zero attached hydrogens (tertiary/aromatic N) is 3. The molecule has 0 atom stereocenters. The second kappa shape index (κ2) is 6.57. The van der Waals surface area contributed by atoms with E-state index < -0.39 is 0 Å². The SMILES string of the molecule is CC(C)N(CCc1ccnn1C)Cc1ccc(N)cc1. The van der Waals surface area contributed by atoms with Gasteiger partial charge in [-0.05, 0) is 37.6 Å². The van der Waals surface area contributed by atoms with Crippen LogP contribution in [0.15, 0.2) is 36.5 Å². The van der Waals surface area contributed by atoms with Gasteiger partial charge in [-0.1, -0.05) is 12.1 Å². The number of rotatable bonds is 6. The summed E-state index contributed by atoms with van der Waals surface area (Å²) < 4.78 is 1.95. The van der Waals surface area contributed by atoms with Gasteiger partial charge in [-0.2, -0.15) is 5.10 Å². The van der Waals surface area contributed by atoms with Crippen molar-refractivity contribution in [1.82, 2.24) is 14.7 Å². The molecular formula is C16H24N4. The van der Waals surface area contributed by atoms with E-state index in [4.69, 9.17) is 5.73 Å². The van der Waals surface area contributed by atoms with Gasteiger partial charge in [-0.3, -0.25) is 9.58 Å². The number of aromatic nitrogens is 2. The van der Waals surface area contributed by atoms with Crippen molar-refractivity contribution in [2.24, 2.45) is 7.05 Å². The standard InChI is InChI=1S/C16H24N4/c1-13(2)20(11-9-16-8-10-18-19(16)3)12-14-4-6-15(17)7-5-14/h4-8,10,13H,9,11-12,17H2,1-3H3. The molecule has 0 unspecified atom stereocenters. The Balaban J connectivity index is 1.97. The van der Waals surface area contributed by atoms with E-state index in [1.807, 2.05) is 30.1 Å². The molecule has 1 aromatic heterocycles. The summed E-state index contributed by atoms with van der Waals surface area (Å²) in [6.45, 7) is 6.46. The van der Waals surface area contributed by atoms with E-state index in [1.165, 1.54) is 11.3 Å². The van der Waals surface area contributed by atoms with Crippen molar-refractivity contribution in [3.05, 3.63) is 47.8 Å². The van der Waals surface area contributed by atoms with Crippen LogP contribution in [0.4, 0.5) is 5.69 Å². The van der Waals surface area contributed by atoms with Crippen LogP contribution in [0.3, 0.4) is 0 Å². The summed E-state index contributed by atoms with van der Waals surface area (Å²) in [5.41, 5.74) is 9.13. The van der Waals surface area contributed by atoms with Crippen molar-refractivity contribution in [2.45, 2.75) is 32.9 Å². The Morgan fingerprint density at radius 3 is 2.45 bits per heavy atom. The predicted octanol–water partition coefficient (Wildman–Crippen LogP) is 2.46. The summed E-state index contributed by atoms with van der Waals surface area (Å²) in [5.74, 6) is 0. The van der Waals surface area contributed by atoms with Gasteiger partial charge in [0.25, 0.3) is 0 Å². The van der Waals surface area contributed by atoms with Crippen LogP contribution in [-0.2, 0) is 20.0 Å². The summed E-state index contributed by atoms with van der Waals surface area (Å²) in [5, 5.41) is 4.22. The van der Waals surface area contributed by atoms with E-state index in [0.29, 0.717) is 6.04 Å². The largest absolute Gasteiger partial charge is 0.399 e. The van der Waals surface area contributed by atoms with Gasteiger partial charge >= 0.3 is 0 Å². The highest BCUT2D eigenvalue weighted by Crippen LogP contribution is 2.12. The molecule has 0 aliphatic heterocycles. The van der Waals surface area contributed by atoms with Gasteiger partial charge < -0.3 is 5.73 Å². The molecule has 0 saturated carbocycles. The minimum absolute atomic E-state index is 0.515. The number of aryl methyl sites for hydroxylation is 1. The zero-order valence-electron chi connectivity index (χ0n) is 12.6. The fourth-order valence-electron chi connectivity index (χ4n) is 2.28. The maximum absolute atomic E-state index is 5.73. The topological polar surface area (TPSA) is 47.1 Å². The highest BCUT2D eigenvalue weighted by Gasteiger charge is 2.11. The van der Waals surface area contributed by atoms with Gasteiger partial charge in [0.15, 0.2) is 0 Å². The molecule has 0 aliphatic carbocycles. The second-order valence-electron chi connectivity index (χ2n) is 5.50. The third-order valence-corrected chi connectivity index (χ3v) is 3.67. The first-order valence-corrected chi connectivity index (χ1v) is 7.11. The Morgan fingerprint density at radius 2 is 1.90 bits per heavy atom. The van der Waals surface area contributed by atoms with Gasteiger partial charge in [0.1, 0.15) is 0 Å². The van der Waals surface area contributed by atoms with Crippen molar-refractivity contribution in [2.75, 3.05) is 12.3 Å². The lowest BCUT2D eigenvalue weighted by Crippen LogP contribution is -2.32. The molecular weight excluding hydrogens is 248 g/mol. The molecule has 108 valence electrons. The second-order valence-corrected chi connectivity index (χ2v) is 5.50. The lowest BCUT2D eigenvalue weighted by Gasteiger charge is -2.26. The number of anilines is 1. The lowest BCUT2D eigenvalue weighted by atomic mass is 10.1. The summed E-state index contributed by atoms with van der Waals surface area (Å²) in [6.07, 6.45) is 2.87. The maximum Gasteiger partial charge on any atom is 0.0492 e. The highest BCUT2D eigenvalue weighted by molar-refractivity contribution is 5.39. The highest BCUT2D eigenvalue weighted by atomic mass is 15.3. The van der Waals surface area contributed by atoms with Crippen molar-refractivity contribution in [1.29, 1.82) is 0 Å². The van der Waals surface area contributed by atoms with Crippen molar-refractivity contribution < 1.29 is 0 Å². The number of hydrogen-bond donors (Lipinski definition) is 1. The number of nitrogens with two attached hydrogens (primary N) is 1. The first-order chi connectivity index (χ1) is 9.56. The number of nitrogen functional groups attached to an aromatic ring is 1. The Kier molecular flexibility index (Phi) is 4.79. The third kappa shape index (κ3) is 3.84. The molecule has 20 heavy (non-hydrogen) atoms. The molecule has 1 heterocycles. The molecule has 0 radical (unpaired) electrons. The van der Waals surface area contributed by atoms with E-state index in [1.54, 1.807) is 0 Å². The van der Waals surface area contributed by atoms with Gasteiger partial charge in [-0.25, -0.2) is 0 Å². The van der Waals surface area contributed by atoms with Gasteiger partial charge in [0, 0.05) is 50.2 Å². The Labute approximate surface area is 121 Å². The minimum Gasteiger partial charge on any atom is -0.399 e. The third-order valence-electron chi connectivity index (χ3n) is 3.67. The van der Waals surface area contributed by atoms with E-state index >= 15 is 0 Å². The van der Waals surface area contributed by atoms with E-state index in [9.17, 15) is 0 Å². The average molecular weight is 272 g/mol. The quantitative estimate of drug-likeness (QED) is 0.822. The molecule has 2 N–H and O–H groups in total. The molecule has 0 spiro atoms. The Bertz CT molecular complexity index is 528. The van der Waals surface area contributed by atoms with Gasteiger partial charge in [-0.15, -0.1) is 0 Å². The van der Waals surface area contributed by atoms with Crippen molar-refractivity contribution >= 4 is 5.69 Å². The lowest BCUT2D eigenvalue weighted by molar-refractivity contribution is 0.214. The molecule has 0 fully saturated rings. The number of hydrogen-bond acceptors (Lipinski definition) is 3. The summed E-state index contributed by atoms with van der Waals surface area (Å²) in [6, 6.07) is 10.7. The van der Waals surface area contributed by atoms with Crippen LogP contribution in [-0.4, -0.2) is 27.3 Å². The monoisotopic (exact) mass is 272 g/mol. The molecule has 1 aromatic carbocycles. The molecule has 2 rings (SSSR count). The predicted molar refractivity (Wildman–Crippen MR) is 83.3 cm³/mol.